The van der Waals surface area contributed by atoms with Gasteiger partial charge >= 0.3 is 5.97 Å². The van der Waals surface area contributed by atoms with Gasteiger partial charge in [0.15, 0.2) is 6.23 Å². The van der Waals surface area contributed by atoms with Crippen LogP contribution in [0, 0.1) is 0 Å². The molecule has 1 aliphatic heterocycles. The van der Waals surface area contributed by atoms with E-state index in [2.05, 4.69) is 0 Å². The van der Waals surface area contributed by atoms with Crippen molar-refractivity contribution >= 4 is 75.6 Å². The van der Waals surface area contributed by atoms with E-state index in [-0.39, 0.29) is 0 Å². The monoisotopic (exact) mass is 363 g/mol. The Balaban J connectivity index is 3.04. The van der Waals surface area contributed by atoms with Gasteiger partial charge in [-0.1, -0.05) is 69.6 Å². The summed E-state index contributed by atoms with van der Waals surface area (Å²) < 4.78 is 0.774. The molecule has 0 radical (unpaired) electrons. The Labute approximate surface area is 128 Å². The number of aliphatic hydroxyl groups is 1. The van der Waals surface area contributed by atoms with E-state index in [9.17, 15) is 9.90 Å². The van der Waals surface area contributed by atoms with Crippen LogP contribution in [-0.2, 0) is 9.53 Å². The standard InChI is InChI=1S/C7H7Cl6NO3/c1-2-3(15)17-5(7(11,12)13)14(2)4(16)6(8,9)10/h2,4-5,16H,1H3/t2-,4+,5+/m1/s1. The first-order valence-corrected chi connectivity index (χ1v) is 6.52. The number of hydrogen-bond acceptors (Lipinski definition) is 4. The van der Waals surface area contributed by atoms with Crippen LogP contribution >= 0.6 is 69.6 Å². The summed E-state index contributed by atoms with van der Waals surface area (Å²) in [6.07, 6.45) is -2.99. The molecule has 1 N–H and O–H groups in total. The third kappa shape index (κ3) is 3.57. The molecule has 1 saturated heterocycles. The molecule has 10 heteroatoms. The number of ether oxygens (including phenoxy) is 1. The highest BCUT2D eigenvalue weighted by Crippen LogP contribution is 2.43. The molecule has 100 valence electrons. The predicted octanol–water partition coefficient (Wildman–Crippen LogP) is 2.62. The first-order chi connectivity index (χ1) is 7.46. The van der Waals surface area contributed by atoms with Gasteiger partial charge in [-0.2, -0.15) is 0 Å². The van der Waals surface area contributed by atoms with Gasteiger partial charge in [0.05, 0.1) is 0 Å². The first kappa shape index (κ1) is 16.2. The number of carbonyl (C=O) groups is 1. The first-order valence-electron chi connectivity index (χ1n) is 4.25. The van der Waals surface area contributed by atoms with Crippen LogP contribution in [0.5, 0.6) is 0 Å². The van der Waals surface area contributed by atoms with E-state index in [0.717, 1.165) is 4.90 Å². The molecule has 4 nitrogen and oxygen atoms in total. The summed E-state index contributed by atoms with van der Waals surface area (Å²) >= 11 is 33.5. The summed E-state index contributed by atoms with van der Waals surface area (Å²) in [5.74, 6) is -0.686. The Hall–Kier alpha value is 1.13. The normalized spacial score (nSPS) is 29.3. The van der Waals surface area contributed by atoms with E-state index < -0.39 is 32.1 Å². The summed E-state index contributed by atoms with van der Waals surface area (Å²) in [6, 6.07) is -0.902. The molecule has 1 fully saturated rings. The van der Waals surface area contributed by atoms with Crippen LogP contribution < -0.4 is 0 Å². The van der Waals surface area contributed by atoms with E-state index in [1.165, 1.54) is 6.92 Å². The number of halogens is 6. The molecule has 0 aromatic carbocycles. The summed E-state index contributed by atoms with van der Waals surface area (Å²) in [6.45, 7) is 1.43. The van der Waals surface area contributed by atoms with Crippen molar-refractivity contribution in [2.24, 2.45) is 0 Å². The fraction of sp³-hybridized carbons (Fsp3) is 0.857. The lowest BCUT2D eigenvalue weighted by Gasteiger charge is -2.35. The van der Waals surface area contributed by atoms with Gasteiger partial charge in [-0.15, -0.1) is 0 Å². The maximum Gasteiger partial charge on any atom is 0.325 e. The number of hydrogen-bond donors (Lipinski definition) is 1. The molecule has 1 heterocycles. The fourth-order valence-corrected chi connectivity index (χ4v) is 2.15. The molecule has 0 spiro atoms. The second-order valence-corrected chi connectivity index (χ2v) is 8.11. The SMILES string of the molecule is C[C@@H]1C(=O)O[C@@H](C(Cl)(Cl)Cl)N1[C@@H](O)C(Cl)(Cl)Cl. The van der Waals surface area contributed by atoms with Gasteiger partial charge in [0.25, 0.3) is 0 Å². The van der Waals surface area contributed by atoms with Crippen molar-refractivity contribution in [3.8, 4) is 0 Å². The van der Waals surface area contributed by atoms with E-state index >= 15 is 0 Å². The Morgan fingerprint density at radius 3 is 2.12 bits per heavy atom. The molecule has 0 aliphatic carbocycles. The van der Waals surface area contributed by atoms with Crippen molar-refractivity contribution in [2.75, 3.05) is 0 Å². The molecule has 3 atom stereocenters. The van der Waals surface area contributed by atoms with Gasteiger partial charge in [-0.25, -0.2) is 4.90 Å². The third-order valence-corrected chi connectivity index (χ3v) is 3.29. The van der Waals surface area contributed by atoms with Gasteiger partial charge in [-0.05, 0) is 6.92 Å². The molecule has 0 bridgehead atoms. The highest BCUT2D eigenvalue weighted by molar-refractivity contribution is 6.68. The zero-order chi connectivity index (χ0) is 13.6. The minimum Gasteiger partial charge on any atom is -0.440 e. The lowest BCUT2D eigenvalue weighted by atomic mass is 10.3. The van der Waals surface area contributed by atoms with Crippen molar-refractivity contribution in [1.29, 1.82) is 0 Å². The highest BCUT2D eigenvalue weighted by Gasteiger charge is 2.55. The maximum atomic E-state index is 11.4. The summed E-state index contributed by atoms with van der Waals surface area (Å²) in [4.78, 5) is 12.4. The van der Waals surface area contributed by atoms with E-state index in [0.29, 0.717) is 0 Å². The number of cyclic esters (lactones) is 1. The molecule has 1 aliphatic rings. The predicted molar refractivity (Wildman–Crippen MR) is 67.8 cm³/mol. The number of carbonyl (C=O) groups excluding carboxylic acids is 1. The fourth-order valence-electron chi connectivity index (χ4n) is 1.34. The van der Waals surface area contributed by atoms with Crippen LogP contribution in [0.25, 0.3) is 0 Å². The average molecular weight is 366 g/mol. The number of rotatable bonds is 1. The Morgan fingerprint density at radius 1 is 1.29 bits per heavy atom. The van der Waals surface area contributed by atoms with Crippen LogP contribution in [0.15, 0.2) is 0 Å². The van der Waals surface area contributed by atoms with Crippen LogP contribution in [0.1, 0.15) is 6.92 Å². The molecule has 0 unspecified atom stereocenters. The quantitative estimate of drug-likeness (QED) is 0.573. The molecule has 0 aromatic heterocycles. The molecule has 0 saturated carbocycles. The van der Waals surface area contributed by atoms with Crippen molar-refractivity contribution in [3.63, 3.8) is 0 Å². The average Bonchev–Trinajstić information content (AvgIpc) is 2.40. The minimum atomic E-state index is -2.07. The van der Waals surface area contributed by atoms with E-state index in [1.807, 2.05) is 0 Å². The van der Waals surface area contributed by atoms with Crippen LogP contribution in [0.4, 0.5) is 0 Å². The molecule has 0 aromatic rings. The zero-order valence-corrected chi connectivity index (χ0v) is 12.7. The summed E-state index contributed by atoms with van der Waals surface area (Å²) in [5.41, 5.74) is 0. The highest BCUT2D eigenvalue weighted by atomic mass is 35.6. The zero-order valence-electron chi connectivity index (χ0n) is 8.21. The van der Waals surface area contributed by atoms with Crippen LogP contribution in [-0.4, -0.2) is 42.1 Å². The summed E-state index contributed by atoms with van der Waals surface area (Å²) in [5, 5.41) is 9.83. The van der Waals surface area contributed by atoms with E-state index in [1.54, 1.807) is 0 Å². The summed E-state index contributed by atoms with van der Waals surface area (Å²) in [7, 11) is 0. The molecule has 17 heavy (non-hydrogen) atoms. The number of aliphatic hydroxyl groups excluding tert-OH is 1. The maximum absolute atomic E-state index is 11.4. The smallest absolute Gasteiger partial charge is 0.325 e. The molecular formula is C7H7Cl6NO3. The van der Waals surface area contributed by atoms with Crippen LogP contribution in [0.2, 0.25) is 0 Å². The third-order valence-electron chi connectivity index (χ3n) is 2.14. The largest absolute Gasteiger partial charge is 0.440 e. The topological polar surface area (TPSA) is 49.8 Å². The van der Waals surface area contributed by atoms with E-state index in [4.69, 9.17) is 74.3 Å². The number of alkyl halides is 6. The van der Waals surface area contributed by atoms with Gasteiger partial charge in [-0.3, -0.25) is 4.79 Å². The van der Waals surface area contributed by atoms with Crippen molar-refractivity contribution in [2.45, 2.75) is 33.0 Å². The van der Waals surface area contributed by atoms with Crippen molar-refractivity contribution in [3.05, 3.63) is 0 Å². The minimum absolute atomic E-state index is 0.686. The van der Waals surface area contributed by atoms with Gasteiger partial charge in [0.2, 0.25) is 13.8 Å². The molecular weight excluding hydrogens is 359 g/mol. The van der Waals surface area contributed by atoms with Crippen molar-refractivity contribution < 1.29 is 14.6 Å². The lowest BCUT2D eigenvalue weighted by Crippen LogP contribution is -2.54. The second-order valence-electron chi connectivity index (χ2n) is 3.37. The Morgan fingerprint density at radius 2 is 1.76 bits per heavy atom. The Kier molecular flexibility index (Phi) is 5.00. The van der Waals surface area contributed by atoms with Gasteiger partial charge in [0, 0.05) is 0 Å². The van der Waals surface area contributed by atoms with Gasteiger partial charge < -0.3 is 9.84 Å². The molecule has 1 rings (SSSR count). The van der Waals surface area contributed by atoms with Crippen molar-refractivity contribution in [1.82, 2.24) is 4.90 Å². The lowest BCUT2D eigenvalue weighted by molar-refractivity contribution is -0.142. The van der Waals surface area contributed by atoms with Crippen LogP contribution in [0.3, 0.4) is 0 Å². The number of nitrogens with zero attached hydrogens (tertiary/aromatic N) is 1. The van der Waals surface area contributed by atoms with Gasteiger partial charge in [0.1, 0.15) is 6.04 Å². The number of esters is 1. The molecule has 0 amide bonds. The second kappa shape index (κ2) is 5.25. The Bertz CT molecular complexity index is 314.